The van der Waals surface area contributed by atoms with Crippen molar-refractivity contribution in [3.8, 4) is 11.4 Å². The van der Waals surface area contributed by atoms with Crippen molar-refractivity contribution in [1.82, 2.24) is 9.78 Å². The summed E-state index contributed by atoms with van der Waals surface area (Å²) < 4.78 is 1.96. The Kier molecular flexibility index (Phi) is 2.78. The van der Waals surface area contributed by atoms with E-state index in [1.54, 1.807) is 6.07 Å². The molecule has 0 spiro atoms. The molecule has 0 bridgehead atoms. The zero-order valence-corrected chi connectivity index (χ0v) is 12.2. The highest BCUT2D eigenvalue weighted by Crippen LogP contribution is 2.30. The van der Waals surface area contributed by atoms with E-state index in [0.717, 1.165) is 27.8 Å². The molecule has 1 heterocycles. The smallest absolute Gasteiger partial charge is 0.119 e. The summed E-state index contributed by atoms with van der Waals surface area (Å²) in [6.45, 7) is 8.16. The van der Waals surface area contributed by atoms with Gasteiger partial charge in [0.25, 0.3) is 0 Å². The third kappa shape index (κ3) is 1.78. The van der Waals surface area contributed by atoms with Gasteiger partial charge in [0.05, 0.1) is 11.2 Å². The van der Waals surface area contributed by atoms with Crippen molar-refractivity contribution < 1.29 is 5.11 Å². The van der Waals surface area contributed by atoms with Crippen LogP contribution < -0.4 is 0 Å². The molecule has 2 aromatic carbocycles. The van der Waals surface area contributed by atoms with Crippen LogP contribution in [0.1, 0.15) is 22.4 Å². The van der Waals surface area contributed by atoms with Crippen molar-refractivity contribution >= 4 is 10.9 Å². The van der Waals surface area contributed by atoms with Crippen molar-refractivity contribution in [3.63, 3.8) is 0 Å². The highest BCUT2D eigenvalue weighted by Gasteiger charge is 2.14. The molecule has 0 atom stereocenters. The maximum Gasteiger partial charge on any atom is 0.119 e. The van der Waals surface area contributed by atoms with E-state index in [-0.39, 0.29) is 0 Å². The third-order valence-corrected chi connectivity index (χ3v) is 3.88. The fourth-order valence-corrected chi connectivity index (χ4v) is 2.79. The van der Waals surface area contributed by atoms with Gasteiger partial charge >= 0.3 is 0 Å². The van der Waals surface area contributed by atoms with Crippen LogP contribution in [0.25, 0.3) is 16.6 Å². The molecule has 0 fully saturated rings. The number of phenols is 1. The topological polar surface area (TPSA) is 38.0 Å². The van der Waals surface area contributed by atoms with Gasteiger partial charge in [0, 0.05) is 16.6 Å². The van der Waals surface area contributed by atoms with Crippen molar-refractivity contribution in [2.45, 2.75) is 27.7 Å². The first-order chi connectivity index (χ1) is 9.49. The molecule has 0 aliphatic rings. The summed E-state index contributed by atoms with van der Waals surface area (Å²) in [4.78, 5) is 0. The molecule has 0 saturated heterocycles. The third-order valence-electron chi connectivity index (χ3n) is 3.88. The molecule has 0 amide bonds. The molecular weight excluding hydrogens is 248 g/mol. The van der Waals surface area contributed by atoms with Crippen LogP contribution in [-0.4, -0.2) is 14.9 Å². The number of rotatable bonds is 1. The second-order valence-corrected chi connectivity index (χ2v) is 5.39. The largest absolute Gasteiger partial charge is 0.508 e. The highest BCUT2D eigenvalue weighted by molar-refractivity contribution is 5.87. The number of phenolic OH excluding ortho intramolecular Hbond substituents is 1. The van der Waals surface area contributed by atoms with Crippen LogP contribution in [0, 0.1) is 27.7 Å². The van der Waals surface area contributed by atoms with Gasteiger partial charge in [-0.1, -0.05) is 17.7 Å². The summed E-state index contributed by atoms with van der Waals surface area (Å²) in [5.74, 6) is 0.320. The van der Waals surface area contributed by atoms with Crippen LogP contribution in [0.2, 0.25) is 0 Å². The summed E-state index contributed by atoms with van der Waals surface area (Å²) in [5, 5.41) is 15.6. The minimum absolute atomic E-state index is 0.320. The minimum atomic E-state index is 0.320. The van der Waals surface area contributed by atoms with Gasteiger partial charge in [-0.15, -0.1) is 0 Å². The zero-order valence-electron chi connectivity index (χ0n) is 12.2. The molecule has 0 aliphatic carbocycles. The average molecular weight is 266 g/mol. The first-order valence-corrected chi connectivity index (χ1v) is 6.74. The van der Waals surface area contributed by atoms with Crippen molar-refractivity contribution in [2.24, 2.45) is 0 Å². The fraction of sp³-hybridized carbons (Fsp3) is 0.235. The Morgan fingerprint density at radius 1 is 1.00 bits per heavy atom. The molecule has 20 heavy (non-hydrogen) atoms. The average Bonchev–Trinajstić information content (AvgIpc) is 2.72. The summed E-state index contributed by atoms with van der Waals surface area (Å²) in [5.41, 5.74) is 6.38. The van der Waals surface area contributed by atoms with E-state index >= 15 is 0 Å². The van der Waals surface area contributed by atoms with Crippen LogP contribution in [-0.2, 0) is 0 Å². The first-order valence-electron chi connectivity index (χ1n) is 6.74. The second kappa shape index (κ2) is 4.37. The van der Waals surface area contributed by atoms with E-state index in [4.69, 9.17) is 0 Å². The lowest BCUT2D eigenvalue weighted by molar-refractivity contribution is 0.472. The van der Waals surface area contributed by atoms with Crippen LogP contribution in [0.15, 0.2) is 30.3 Å². The van der Waals surface area contributed by atoms with Crippen LogP contribution >= 0.6 is 0 Å². The monoisotopic (exact) mass is 266 g/mol. The molecule has 0 saturated carbocycles. The van der Waals surface area contributed by atoms with E-state index in [1.807, 2.05) is 24.6 Å². The minimum Gasteiger partial charge on any atom is -0.508 e. The summed E-state index contributed by atoms with van der Waals surface area (Å²) in [6.07, 6.45) is 0. The van der Waals surface area contributed by atoms with Crippen molar-refractivity contribution in [3.05, 3.63) is 52.7 Å². The lowest BCUT2D eigenvalue weighted by Crippen LogP contribution is -2.01. The SMILES string of the molecule is Cc1ccc(-n2nc3ccc(O)c(C)c3c2C)c(C)c1. The van der Waals surface area contributed by atoms with Gasteiger partial charge in [0.15, 0.2) is 0 Å². The molecule has 1 aromatic heterocycles. The second-order valence-electron chi connectivity index (χ2n) is 5.39. The lowest BCUT2D eigenvalue weighted by atomic mass is 10.1. The van der Waals surface area contributed by atoms with Gasteiger partial charge in [-0.25, -0.2) is 4.68 Å². The fourth-order valence-electron chi connectivity index (χ4n) is 2.79. The maximum absolute atomic E-state index is 9.88. The quantitative estimate of drug-likeness (QED) is 0.724. The molecule has 0 unspecified atom stereocenters. The van der Waals surface area contributed by atoms with E-state index in [9.17, 15) is 5.11 Å². The number of aromatic hydroxyl groups is 1. The Labute approximate surface area is 118 Å². The van der Waals surface area contributed by atoms with E-state index < -0.39 is 0 Å². The predicted octanol–water partition coefficient (Wildman–Crippen LogP) is 3.96. The van der Waals surface area contributed by atoms with Gasteiger partial charge in [-0.3, -0.25) is 0 Å². The first kappa shape index (κ1) is 12.7. The van der Waals surface area contributed by atoms with Gasteiger partial charge in [0.1, 0.15) is 5.75 Å². The van der Waals surface area contributed by atoms with Crippen LogP contribution in [0.5, 0.6) is 5.75 Å². The standard InChI is InChI=1S/C17H18N2O/c1-10-5-7-15(11(2)9-10)19-13(4)17-12(3)16(20)8-6-14(17)18-19/h5-9,20H,1-4H3. The number of hydrogen-bond donors (Lipinski definition) is 1. The maximum atomic E-state index is 9.88. The Bertz CT molecular complexity index is 815. The molecule has 3 nitrogen and oxygen atoms in total. The van der Waals surface area contributed by atoms with Gasteiger partial charge in [-0.05, 0) is 51.5 Å². The number of fused-ring (bicyclic) bond motifs is 1. The summed E-state index contributed by atoms with van der Waals surface area (Å²) in [7, 11) is 0. The molecule has 0 radical (unpaired) electrons. The Balaban J connectivity index is 2.32. The Morgan fingerprint density at radius 3 is 2.45 bits per heavy atom. The molecule has 3 aromatic rings. The van der Waals surface area contributed by atoms with Gasteiger partial charge in [-0.2, -0.15) is 5.10 Å². The number of aromatic nitrogens is 2. The number of hydrogen-bond acceptors (Lipinski definition) is 2. The normalized spacial score (nSPS) is 11.2. The van der Waals surface area contributed by atoms with Crippen LogP contribution in [0.4, 0.5) is 0 Å². The summed E-state index contributed by atoms with van der Waals surface area (Å²) >= 11 is 0. The van der Waals surface area contributed by atoms with E-state index in [2.05, 4.69) is 37.1 Å². The predicted molar refractivity (Wildman–Crippen MR) is 81.7 cm³/mol. The Morgan fingerprint density at radius 2 is 1.75 bits per heavy atom. The molecule has 0 aliphatic heterocycles. The van der Waals surface area contributed by atoms with Crippen molar-refractivity contribution in [2.75, 3.05) is 0 Å². The van der Waals surface area contributed by atoms with Crippen LogP contribution in [0.3, 0.4) is 0 Å². The highest BCUT2D eigenvalue weighted by atomic mass is 16.3. The number of aryl methyl sites for hydroxylation is 4. The molecule has 102 valence electrons. The summed E-state index contributed by atoms with van der Waals surface area (Å²) in [6, 6.07) is 9.92. The molecule has 3 rings (SSSR count). The number of benzene rings is 2. The Hall–Kier alpha value is -2.29. The van der Waals surface area contributed by atoms with E-state index in [1.165, 1.54) is 11.1 Å². The number of nitrogens with zero attached hydrogens (tertiary/aromatic N) is 2. The molecule has 1 N–H and O–H groups in total. The molecule has 3 heteroatoms. The zero-order chi connectivity index (χ0) is 14.4. The van der Waals surface area contributed by atoms with Gasteiger partial charge in [0.2, 0.25) is 0 Å². The van der Waals surface area contributed by atoms with Gasteiger partial charge < -0.3 is 5.11 Å². The lowest BCUT2D eigenvalue weighted by Gasteiger charge is -2.09. The van der Waals surface area contributed by atoms with Crippen molar-refractivity contribution in [1.29, 1.82) is 0 Å². The van der Waals surface area contributed by atoms with E-state index in [0.29, 0.717) is 5.75 Å². The molecular formula is C17H18N2O.